The number of nitrogens with one attached hydrogen (secondary N) is 1. The van der Waals surface area contributed by atoms with Crippen molar-refractivity contribution in [2.24, 2.45) is 11.7 Å². The predicted octanol–water partition coefficient (Wildman–Crippen LogP) is 0.759. The van der Waals surface area contributed by atoms with E-state index in [1.165, 1.54) is 12.0 Å². The van der Waals surface area contributed by atoms with Crippen molar-refractivity contribution in [2.45, 2.75) is 63.3 Å². The number of carbonyl (C=O) groups excluding carboxylic acids is 3. The highest BCUT2D eigenvalue weighted by Gasteiger charge is 2.41. The number of piperidine rings is 1. The van der Waals surface area contributed by atoms with Crippen LogP contribution in [0.2, 0.25) is 0 Å². The van der Waals surface area contributed by atoms with Crippen LogP contribution in [0.5, 0.6) is 0 Å². The van der Waals surface area contributed by atoms with Crippen molar-refractivity contribution in [3.05, 3.63) is 34.9 Å². The van der Waals surface area contributed by atoms with Crippen LogP contribution in [0.4, 0.5) is 0 Å². The summed E-state index contributed by atoms with van der Waals surface area (Å²) in [4.78, 5) is 40.8. The Morgan fingerprint density at radius 3 is 2.82 bits per heavy atom. The lowest BCUT2D eigenvalue weighted by atomic mass is 9.87. The summed E-state index contributed by atoms with van der Waals surface area (Å²) in [6, 6.07) is 6.17. The quantitative estimate of drug-likeness (QED) is 0.753. The van der Waals surface area contributed by atoms with E-state index < -0.39 is 6.04 Å². The van der Waals surface area contributed by atoms with Gasteiger partial charge in [-0.25, -0.2) is 0 Å². The molecule has 0 aromatic heterocycles. The number of hydrogen-bond donors (Lipinski definition) is 2. The molecule has 4 atom stereocenters. The standard InChI is InChI=1S/C21H26N4O3/c22-14-6-12-7-15(8-14)24(9-12)10-13-2-1-3-16-17(13)11-25(21(16)28)18-4-5-19(26)23-20(18)27/h1-3,12,14-15,18H,4-11,22H2,(H,23,26,27)/t12-,14+,15-,18?/m0/s1. The molecule has 0 spiro atoms. The number of imide groups is 1. The minimum Gasteiger partial charge on any atom is -0.328 e. The topological polar surface area (TPSA) is 95.7 Å². The summed E-state index contributed by atoms with van der Waals surface area (Å²) in [5.41, 5.74) is 9.10. The lowest BCUT2D eigenvalue weighted by Crippen LogP contribution is -2.52. The summed E-state index contributed by atoms with van der Waals surface area (Å²) >= 11 is 0. The molecule has 3 amide bonds. The number of fused-ring (bicyclic) bond motifs is 3. The molecule has 7 heteroatoms. The van der Waals surface area contributed by atoms with Crippen molar-refractivity contribution in [1.82, 2.24) is 15.1 Å². The lowest BCUT2D eigenvalue weighted by Gasteiger charge is -2.29. The molecule has 1 saturated carbocycles. The third-order valence-electron chi connectivity index (χ3n) is 6.88. The molecule has 28 heavy (non-hydrogen) atoms. The molecule has 7 nitrogen and oxygen atoms in total. The Bertz CT molecular complexity index is 854. The van der Waals surface area contributed by atoms with Gasteiger partial charge in [0, 0.05) is 43.7 Å². The maximum absolute atomic E-state index is 13.0. The Kier molecular flexibility index (Phi) is 4.25. The predicted molar refractivity (Wildman–Crippen MR) is 102 cm³/mol. The normalized spacial score (nSPS) is 32.6. The van der Waals surface area contributed by atoms with E-state index in [9.17, 15) is 14.4 Å². The first-order valence-electron chi connectivity index (χ1n) is 10.2. The molecule has 1 unspecified atom stereocenters. The Morgan fingerprint density at radius 2 is 2.00 bits per heavy atom. The molecule has 2 bridgehead atoms. The number of nitrogens with two attached hydrogens (primary N) is 1. The third-order valence-corrected chi connectivity index (χ3v) is 6.88. The molecular weight excluding hydrogens is 356 g/mol. The van der Waals surface area contributed by atoms with Gasteiger partial charge in [0.15, 0.2) is 0 Å². The van der Waals surface area contributed by atoms with Gasteiger partial charge >= 0.3 is 0 Å². The van der Waals surface area contributed by atoms with E-state index in [0.29, 0.717) is 36.5 Å². The van der Waals surface area contributed by atoms with Crippen LogP contribution in [0.3, 0.4) is 0 Å². The van der Waals surface area contributed by atoms with Crippen molar-refractivity contribution in [3.63, 3.8) is 0 Å². The molecule has 3 heterocycles. The Hall–Kier alpha value is -2.25. The van der Waals surface area contributed by atoms with E-state index in [-0.39, 0.29) is 24.1 Å². The molecule has 1 aromatic rings. The van der Waals surface area contributed by atoms with Crippen LogP contribution in [-0.4, -0.2) is 52.2 Å². The zero-order valence-corrected chi connectivity index (χ0v) is 15.9. The van der Waals surface area contributed by atoms with Gasteiger partial charge in [-0.15, -0.1) is 0 Å². The number of nitrogens with zero attached hydrogens (tertiary/aromatic N) is 2. The summed E-state index contributed by atoms with van der Waals surface area (Å²) in [6.45, 7) is 2.35. The van der Waals surface area contributed by atoms with Gasteiger partial charge < -0.3 is 10.6 Å². The second-order valence-electron chi connectivity index (χ2n) is 8.76. The first-order valence-corrected chi connectivity index (χ1v) is 10.2. The highest BCUT2D eigenvalue weighted by atomic mass is 16.2. The van der Waals surface area contributed by atoms with Crippen LogP contribution in [0.25, 0.3) is 0 Å². The molecule has 2 saturated heterocycles. The number of amides is 3. The van der Waals surface area contributed by atoms with Crippen LogP contribution in [0, 0.1) is 5.92 Å². The molecule has 0 radical (unpaired) electrons. The van der Waals surface area contributed by atoms with Crippen molar-refractivity contribution in [3.8, 4) is 0 Å². The summed E-state index contributed by atoms with van der Waals surface area (Å²) in [6.07, 6.45) is 4.06. The summed E-state index contributed by atoms with van der Waals surface area (Å²) in [5, 5.41) is 2.36. The molecule has 3 N–H and O–H groups in total. The fourth-order valence-corrected chi connectivity index (χ4v) is 5.59. The fraction of sp³-hybridized carbons (Fsp3) is 0.571. The summed E-state index contributed by atoms with van der Waals surface area (Å²) < 4.78 is 0. The highest BCUT2D eigenvalue weighted by molar-refractivity contribution is 6.05. The zero-order valence-electron chi connectivity index (χ0n) is 15.9. The smallest absolute Gasteiger partial charge is 0.255 e. The van der Waals surface area contributed by atoms with Crippen LogP contribution >= 0.6 is 0 Å². The minimum atomic E-state index is -0.561. The monoisotopic (exact) mass is 382 g/mol. The largest absolute Gasteiger partial charge is 0.328 e. The van der Waals surface area contributed by atoms with E-state index in [0.717, 1.165) is 31.5 Å². The maximum Gasteiger partial charge on any atom is 0.255 e. The minimum absolute atomic E-state index is 0.103. The summed E-state index contributed by atoms with van der Waals surface area (Å²) in [7, 11) is 0. The number of likely N-dealkylation sites (tertiary alicyclic amines) is 1. The second-order valence-corrected chi connectivity index (χ2v) is 8.76. The molecule has 1 aliphatic carbocycles. The van der Waals surface area contributed by atoms with Crippen LogP contribution in [0.1, 0.15) is 53.6 Å². The Labute approximate surface area is 164 Å². The zero-order chi connectivity index (χ0) is 19.4. The lowest BCUT2D eigenvalue weighted by molar-refractivity contribution is -0.136. The SMILES string of the molecule is N[C@@H]1C[C@H]2C[C@@H](C1)N(Cc1cccc3c1CN(C1CCC(=O)NC1=O)C3=O)C2. The fourth-order valence-electron chi connectivity index (χ4n) is 5.59. The first-order chi connectivity index (χ1) is 13.5. The number of carbonyl (C=O) groups is 3. The van der Waals surface area contributed by atoms with Crippen LogP contribution in [0.15, 0.2) is 18.2 Å². The number of hydrogen-bond acceptors (Lipinski definition) is 5. The first kappa shape index (κ1) is 17.8. The van der Waals surface area contributed by atoms with Gasteiger partial charge in [0.1, 0.15) is 6.04 Å². The second kappa shape index (κ2) is 6.67. The van der Waals surface area contributed by atoms with E-state index in [4.69, 9.17) is 5.73 Å². The maximum atomic E-state index is 13.0. The van der Waals surface area contributed by atoms with Crippen molar-refractivity contribution >= 4 is 17.7 Å². The van der Waals surface area contributed by atoms with E-state index in [2.05, 4.69) is 16.3 Å². The molecule has 1 aromatic carbocycles. The summed E-state index contributed by atoms with van der Waals surface area (Å²) in [5.74, 6) is -0.0357. The highest BCUT2D eigenvalue weighted by Crippen LogP contribution is 2.37. The molecule has 3 fully saturated rings. The van der Waals surface area contributed by atoms with Gasteiger partial charge in [0.2, 0.25) is 11.8 Å². The van der Waals surface area contributed by atoms with Gasteiger partial charge in [-0.1, -0.05) is 12.1 Å². The van der Waals surface area contributed by atoms with Crippen LogP contribution in [-0.2, 0) is 22.7 Å². The molecule has 5 rings (SSSR count). The number of rotatable bonds is 3. The van der Waals surface area contributed by atoms with Gasteiger partial charge in [0.25, 0.3) is 5.91 Å². The Morgan fingerprint density at radius 1 is 1.14 bits per heavy atom. The van der Waals surface area contributed by atoms with E-state index in [1.54, 1.807) is 4.90 Å². The molecule has 3 aliphatic heterocycles. The number of benzene rings is 1. The van der Waals surface area contributed by atoms with E-state index in [1.807, 2.05) is 12.1 Å². The van der Waals surface area contributed by atoms with E-state index >= 15 is 0 Å². The van der Waals surface area contributed by atoms with Crippen LogP contribution < -0.4 is 11.1 Å². The third kappa shape index (κ3) is 2.93. The van der Waals surface area contributed by atoms with Gasteiger partial charge in [-0.3, -0.25) is 24.6 Å². The average molecular weight is 382 g/mol. The van der Waals surface area contributed by atoms with Crippen molar-refractivity contribution < 1.29 is 14.4 Å². The molecule has 4 aliphatic rings. The van der Waals surface area contributed by atoms with Crippen molar-refractivity contribution in [2.75, 3.05) is 6.54 Å². The van der Waals surface area contributed by atoms with Gasteiger partial charge in [-0.2, -0.15) is 0 Å². The average Bonchev–Trinajstić information content (AvgIpc) is 3.13. The molecule has 148 valence electrons. The van der Waals surface area contributed by atoms with Gasteiger partial charge in [0.05, 0.1) is 0 Å². The Balaban J connectivity index is 1.37. The molecular formula is C21H26N4O3. The van der Waals surface area contributed by atoms with Gasteiger partial charge in [-0.05, 0) is 48.8 Å². The van der Waals surface area contributed by atoms with Crippen molar-refractivity contribution in [1.29, 1.82) is 0 Å².